The molecule has 15 heavy (non-hydrogen) atoms. The van der Waals surface area contributed by atoms with Crippen molar-refractivity contribution >= 4 is 0 Å². The lowest BCUT2D eigenvalue weighted by Gasteiger charge is -2.54. The minimum atomic E-state index is 0.519. The van der Waals surface area contributed by atoms with Crippen LogP contribution in [0.2, 0.25) is 0 Å². The zero-order chi connectivity index (χ0) is 10.7. The van der Waals surface area contributed by atoms with Crippen molar-refractivity contribution in [3.05, 3.63) is 0 Å². The van der Waals surface area contributed by atoms with E-state index in [1.54, 1.807) is 0 Å². The average molecular weight is 211 g/mol. The van der Waals surface area contributed by atoms with Gasteiger partial charge in [-0.3, -0.25) is 0 Å². The second-order valence-electron chi connectivity index (χ2n) is 5.13. The van der Waals surface area contributed by atoms with E-state index in [9.17, 15) is 0 Å². The summed E-state index contributed by atoms with van der Waals surface area (Å²) in [6, 6.07) is 0.747. The van der Waals surface area contributed by atoms with Crippen LogP contribution in [0.5, 0.6) is 0 Å². The van der Waals surface area contributed by atoms with Gasteiger partial charge < -0.3 is 10.1 Å². The molecule has 2 atom stereocenters. The van der Waals surface area contributed by atoms with E-state index in [0.29, 0.717) is 11.5 Å². The maximum atomic E-state index is 5.89. The Morgan fingerprint density at radius 3 is 2.60 bits per heavy atom. The van der Waals surface area contributed by atoms with E-state index in [2.05, 4.69) is 19.2 Å². The first-order chi connectivity index (χ1) is 7.33. The standard InChI is InChI=1S/C13H25NO/c1-3-9-14-11-10-12(15-4-2)13(11)7-5-6-8-13/h11-12,14H,3-10H2,1-2H3/t11-,12+/m0/s1. The molecule has 88 valence electrons. The minimum absolute atomic E-state index is 0.519. The van der Waals surface area contributed by atoms with Gasteiger partial charge in [0.25, 0.3) is 0 Å². The molecule has 0 saturated heterocycles. The lowest BCUT2D eigenvalue weighted by Crippen LogP contribution is -2.62. The molecular formula is C13H25NO. The Morgan fingerprint density at radius 2 is 2.00 bits per heavy atom. The molecule has 0 aromatic rings. The van der Waals surface area contributed by atoms with E-state index in [4.69, 9.17) is 4.74 Å². The molecule has 0 amide bonds. The van der Waals surface area contributed by atoms with Gasteiger partial charge in [0.15, 0.2) is 0 Å². The molecule has 2 rings (SSSR count). The Labute approximate surface area is 93.8 Å². The topological polar surface area (TPSA) is 21.3 Å². The monoisotopic (exact) mass is 211 g/mol. The molecule has 0 aliphatic heterocycles. The fraction of sp³-hybridized carbons (Fsp3) is 1.00. The first kappa shape index (κ1) is 11.4. The van der Waals surface area contributed by atoms with Crippen molar-refractivity contribution in [1.29, 1.82) is 0 Å². The molecule has 2 nitrogen and oxygen atoms in total. The molecule has 0 aromatic heterocycles. The van der Waals surface area contributed by atoms with Crippen molar-refractivity contribution in [1.82, 2.24) is 5.32 Å². The van der Waals surface area contributed by atoms with E-state index in [1.165, 1.54) is 45.1 Å². The number of rotatable bonds is 5. The predicted octanol–water partition coefficient (Wildman–Crippen LogP) is 2.72. The van der Waals surface area contributed by atoms with Gasteiger partial charge in [-0.2, -0.15) is 0 Å². The van der Waals surface area contributed by atoms with Crippen molar-refractivity contribution in [2.75, 3.05) is 13.2 Å². The molecule has 2 heteroatoms. The highest BCUT2D eigenvalue weighted by atomic mass is 16.5. The van der Waals surface area contributed by atoms with Crippen LogP contribution >= 0.6 is 0 Å². The number of hydrogen-bond acceptors (Lipinski definition) is 2. The van der Waals surface area contributed by atoms with E-state index in [-0.39, 0.29) is 0 Å². The SMILES string of the molecule is CCCN[C@H]1C[C@@H](OCC)C12CCCC2. The highest BCUT2D eigenvalue weighted by Crippen LogP contribution is 2.54. The normalized spacial score (nSPS) is 33.2. The van der Waals surface area contributed by atoms with E-state index < -0.39 is 0 Å². The molecule has 1 N–H and O–H groups in total. The fourth-order valence-electron chi connectivity index (χ4n) is 3.49. The zero-order valence-electron chi connectivity index (χ0n) is 10.2. The molecule has 0 heterocycles. The summed E-state index contributed by atoms with van der Waals surface area (Å²) in [5, 5.41) is 3.71. The Morgan fingerprint density at radius 1 is 1.27 bits per heavy atom. The summed E-state index contributed by atoms with van der Waals surface area (Å²) in [6.45, 7) is 6.42. The summed E-state index contributed by atoms with van der Waals surface area (Å²) in [6.07, 6.45) is 8.64. The minimum Gasteiger partial charge on any atom is -0.378 e. The van der Waals surface area contributed by atoms with Crippen LogP contribution in [0, 0.1) is 5.41 Å². The van der Waals surface area contributed by atoms with E-state index in [1.807, 2.05) is 0 Å². The summed E-state index contributed by atoms with van der Waals surface area (Å²) < 4.78 is 5.89. The fourth-order valence-corrected chi connectivity index (χ4v) is 3.49. The largest absolute Gasteiger partial charge is 0.378 e. The van der Waals surface area contributed by atoms with Crippen molar-refractivity contribution in [3.63, 3.8) is 0 Å². The molecule has 0 bridgehead atoms. The van der Waals surface area contributed by atoms with Gasteiger partial charge in [0.1, 0.15) is 0 Å². The third kappa shape index (κ3) is 1.94. The molecule has 0 unspecified atom stereocenters. The van der Waals surface area contributed by atoms with Crippen LogP contribution in [0.1, 0.15) is 52.4 Å². The lowest BCUT2D eigenvalue weighted by molar-refractivity contribution is -0.130. The maximum absolute atomic E-state index is 5.89. The Balaban J connectivity index is 1.92. The van der Waals surface area contributed by atoms with Crippen molar-refractivity contribution < 1.29 is 4.74 Å². The van der Waals surface area contributed by atoms with Gasteiger partial charge in [-0.25, -0.2) is 0 Å². The van der Waals surface area contributed by atoms with Gasteiger partial charge in [-0.05, 0) is 39.2 Å². The van der Waals surface area contributed by atoms with E-state index in [0.717, 1.165) is 12.6 Å². The molecule has 2 aliphatic rings. The van der Waals surface area contributed by atoms with Gasteiger partial charge in [0, 0.05) is 18.1 Å². The van der Waals surface area contributed by atoms with E-state index >= 15 is 0 Å². The summed E-state index contributed by atoms with van der Waals surface area (Å²) >= 11 is 0. The van der Waals surface area contributed by atoms with Crippen LogP contribution in [0.25, 0.3) is 0 Å². The first-order valence-electron chi connectivity index (χ1n) is 6.68. The summed E-state index contributed by atoms with van der Waals surface area (Å²) in [5.41, 5.74) is 0.519. The van der Waals surface area contributed by atoms with Gasteiger partial charge in [0.05, 0.1) is 6.10 Å². The van der Waals surface area contributed by atoms with Gasteiger partial charge in [0.2, 0.25) is 0 Å². The van der Waals surface area contributed by atoms with Crippen LogP contribution in [-0.2, 0) is 4.74 Å². The second-order valence-corrected chi connectivity index (χ2v) is 5.13. The van der Waals surface area contributed by atoms with Gasteiger partial charge in [-0.1, -0.05) is 19.8 Å². The molecule has 1 spiro atoms. The highest BCUT2D eigenvalue weighted by molar-refractivity contribution is 5.09. The van der Waals surface area contributed by atoms with Crippen molar-refractivity contribution in [2.45, 2.75) is 64.5 Å². The predicted molar refractivity (Wildman–Crippen MR) is 63.0 cm³/mol. The first-order valence-corrected chi connectivity index (χ1v) is 6.68. The van der Waals surface area contributed by atoms with Crippen LogP contribution in [0.3, 0.4) is 0 Å². The molecule has 2 fully saturated rings. The Hall–Kier alpha value is -0.0800. The molecular weight excluding hydrogens is 186 g/mol. The smallest absolute Gasteiger partial charge is 0.0661 e. The molecule has 0 aromatic carbocycles. The summed E-state index contributed by atoms with van der Waals surface area (Å²) in [4.78, 5) is 0. The maximum Gasteiger partial charge on any atom is 0.0661 e. The summed E-state index contributed by atoms with van der Waals surface area (Å²) in [5.74, 6) is 0. The average Bonchev–Trinajstić information content (AvgIpc) is 2.74. The van der Waals surface area contributed by atoms with Crippen LogP contribution < -0.4 is 5.32 Å². The van der Waals surface area contributed by atoms with Crippen molar-refractivity contribution in [2.24, 2.45) is 5.41 Å². The Bertz CT molecular complexity index is 199. The third-order valence-corrected chi connectivity index (χ3v) is 4.33. The highest BCUT2D eigenvalue weighted by Gasteiger charge is 2.56. The van der Waals surface area contributed by atoms with Gasteiger partial charge in [-0.15, -0.1) is 0 Å². The quantitative estimate of drug-likeness (QED) is 0.755. The lowest BCUT2D eigenvalue weighted by atomic mass is 9.60. The summed E-state index contributed by atoms with van der Waals surface area (Å²) in [7, 11) is 0. The van der Waals surface area contributed by atoms with Crippen LogP contribution in [-0.4, -0.2) is 25.3 Å². The zero-order valence-corrected chi connectivity index (χ0v) is 10.2. The van der Waals surface area contributed by atoms with Crippen molar-refractivity contribution in [3.8, 4) is 0 Å². The number of hydrogen-bond donors (Lipinski definition) is 1. The Kier molecular flexibility index (Phi) is 3.68. The van der Waals surface area contributed by atoms with Crippen LogP contribution in [0.4, 0.5) is 0 Å². The third-order valence-electron chi connectivity index (χ3n) is 4.33. The van der Waals surface area contributed by atoms with Crippen LogP contribution in [0.15, 0.2) is 0 Å². The molecule has 2 saturated carbocycles. The molecule has 2 aliphatic carbocycles. The second kappa shape index (κ2) is 4.84. The number of ether oxygens (including phenoxy) is 1. The van der Waals surface area contributed by atoms with Gasteiger partial charge >= 0.3 is 0 Å². The number of nitrogens with one attached hydrogen (secondary N) is 1. The molecule has 0 radical (unpaired) electrons.